The molecule has 4 rings (SSSR count). The number of anilines is 1. The number of aromatic nitrogens is 5. The van der Waals surface area contributed by atoms with Gasteiger partial charge in [-0.2, -0.15) is 5.10 Å². The smallest absolute Gasteiger partial charge is 0.273 e. The Morgan fingerprint density at radius 2 is 1.88 bits per heavy atom. The minimum absolute atomic E-state index is 0.171. The number of carbonyl (C=O) groups is 2. The van der Waals surface area contributed by atoms with Gasteiger partial charge in [-0.15, -0.1) is 0 Å². The summed E-state index contributed by atoms with van der Waals surface area (Å²) in [6.45, 7) is 0. The molecule has 33 heavy (non-hydrogen) atoms. The van der Waals surface area contributed by atoms with E-state index in [-0.39, 0.29) is 23.4 Å². The fourth-order valence-corrected chi connectivity index (χ4v) is 3.01. The first-order valence-corrected chi connectivity index (χ1v) is 9.84. The fraction of sp³-hybridized carbons (Fsp3) is 0.182. The summed E-state index contributed by atoms with van der Waals surface area (Å²) in [4.78, 5) is 38.7. The molecule has 3 heterocycles. The maximum atomic E-state index is 12.9. The lowest BCUT2D eigenvalue weighted by molar-refractivity contribution is 0.0821. The topological polar surface area (TPSA) is 124 Å². The van der Waals surface area contributed by atoms with Gasteiger partial charge in [0, 0.05) is 32.9 Å². The Labute approximate surface area is 189 Å². The molecule has 0 spiro atoms. The molecular formula is C22H21N7O4. The first-order chi connectivity index (χ1) is 15.8. The van der Waals surface area contributed by atoms with Crippen molar-refractivity contribution in [1.82, 2.24) is 29.6 Å². The van der Waals surface area contributed by atoms with E-state index in [1.165, 1.54) is 30.6 Å². The molecule has 0 bridgehead atoms. The van der Waals surface area contributed by atoms with Crippen LogP contribution >= 0.6 is 0 Å². The van der Waals surface area contributed by atoms with Gasteiger partial charge in [0.25, 0.3) is 11.8 Å². The molecule has 0 aliphatic rings. The van der Waals surface area contributed by atoms with Crippen molar-refractivity contribution < 1.29 is 19.1 Å². The lowest BCUT2D eigenvalue weighted by Gasteiger charge is -2.11. The Bertz CT molecular complexity index is 1320. The third kappa shape index (κ3) is 4.71. The highest BCUT2D eigenvalue weighted by Gasteiger charge is 2.16. The van der Waals surface area contributed by atoms with Gasteiger partial charge in [0.2, 0.25) is 5.88 Å². The van der Waals surface area contributed by atoms with E-state index in [9.17, 15) is 9.59 Å². The maximum Gasteiger partial charge on any atom is 0.273 e. The molecule has 0 aliphatic heterocycles. The molecular weight excluding hydrogens is 426 g/mol. The largest absolute Gasteiger partial charge is 0.495 e. The number of rotatable bonds is 6. The molecule has 0 atom stereocenters. The van der Waals surface area contributed by atoms with Crippen LogP contribution in [0.25, 0.3) is 10.9 Å². The molecule has 11 nitrogen and oxygen atoms in total. The molecule has 4 aromatic rings. The molecule has 168 valence electrons. The van der Waals surface area contributed by atoms with Crippen molar-refractivity contribution in [3.63, 3.8) is 0 Å². The van der Waals surface area contributed by atoms with E-state index in [0.29, 0.717) is 33.8 Å². The molecule has 1 N–H and O–H groups in total. The molecule has 11 heteroatoms. The van der Waals surface area contributed by atoms with E-state index in [1.807, 2.05) is 0 Å². The van der Waals surface area contributed by atoms with E-state index in [4.69, 9.17) is 9.47 Å². The monoisotopic (exact) mass is 447 g/mol. The molecule has 2 amide bonds. The molecule has 0 radical (unpaired) electrons. The number of hydrogen-bond donors (Lipinski definition) is 1. The standard InChI is InChI=1S/C22H21N7O4/c1-28(2)22(31)17-10-25-20(11-23-17)33-18-8-13(7-16-15(18)12-29(3)27-16)21(30)26-19-6-5-14(32-4)9-24-19/h5-12H,1-4H3,(H,24,26,30). The summed E-state index contributed by atoms with van der Waals surface area (Å²) in [6.07, 6.45) is 5.97. The summed E-state index contributed by atoms with van der Waals surface area (Å²) in [7, 11) is 6.57. The summed E-state index contributed by atoms with van der Waals surface area (Å²) < 4.78 is 12.6. The van der Waals surface area contributed by atoms with Crippen LogP contribution in [0.15, 0.2) is 49.1 Å². The second kappa shape index (κ2) is 8.91. The molecule has 0 unspecified atom stereocenters. The maximum absolute atomic E-state index is 12.9. The Morgan fingerprint density at radius 3 is 2.52 bits per heavy atom. The third-order valence-corrected chi connectivity index (χ3v) is 4.65. The average molecular weight is 447 g/mol. The Hall–Kier alpha value is -4.54. The zero-order chi connectivity index (χ0) is 23.5. The van der Waals surface area contributed by atoms with Crippen molar-refractivity contribution in [2.24, 2.45) is 7.05 Å². The normalized spacial score (nSPS) is 10.7. The van der Waals surface area contributed by atoms with Crippen molar-refractivity contribution >= 4 is 28.5 Å². The number of methoxy groups -OCH3 is 1. The van der Waals surface area contributed by atoms with Crippen LogP contribution in [0.1, 0.15) is 20.8 Å². The predicted octanol–water partition coefficient (Wildman–Crippen LogP) is 2.51. The number of nitrogens with one attached hydrogen (secondary N) is 1. The lowest BCUT2D eigenvalue weighted by atomic mass is 10.1. The van der Waals surface area contributed by atoms with Crippen LogP contribution in [-0.2, 0) is 7.05 Å². The predicted molar refractivity (Wildman–Crippen MR) is 120 cm³/mol. The quantitative estimate of drug-likeness (QED) is 0.478. The van der Waals surface area contributed by atoms with Gasteiger partial charge in [-0.3, -0.25) is 14.3 Å². The van der Waals surface area contributed by atoms with E-state index < -0.39 is 0 Å². The van der Waals surface area contributed by atoms with E-state index in [1.54, 1.807) is 56.3 Å². The summed E-state index contributed by atoms with van der Waals surface area (Å²) >= 11 is 0. The number of ether oxygens (including phenoxy) is 2. The number of hydrogen-bond acceptors (Lipinski definition) is 8. The molecule has 0 aliphatic carbocycles. The van der Waals surface area contributed by atoms with Gasteiger partial charge in [0.1, 0.15) is 23.0 Å². The average Bonchev–Trinajstić information content (AvgIpc) is 3.20. The van der Waals surface area contributed by atoms with Crippen LogP contribution in [0.4, 0.5) is 5.82 Å². The van der Waals surface area contributed by atoms with Gasteiger partial charge < -0.3 is 19.7 Å². The van der Waals surface area contributed by atoms with Crippen LogP contribution in [0.3, 0.4) is 0 Å². The van der Waals surface area contributed by atoms with Crippen molar-refractivity contribution in [2.45, 2.75) is 0 Å². The van der Waals surface area contributed by atoms with Crippen molar-refractivity contribution in [1.29, 1.82) is 0 Å². The van der Waals surface area contributed by atoms with Crippen LogP contribution in [-0.4, -0.2) is 62.7 Å². The van der Waals surface area contributed by atoms with Gasteiger partial charge in [-0.05, 0) is 24.3 Å². The SMILES string of the molecule is COc1ccc(NC(=O)c2cc(Oc3cnc(C(=O)N(C)C)cn3)c3cn(C)nc3c2)nc1. The third-order valence-electron chi connectivity index (χ3n) is 4.65. The molecule has 0 saturated heterocycles. The van der Waals surface area contributed by atoms with Crippen molar-refractivity contribution in [3.8, 4) is 17.4 Å². The van der Waals surface area contributed by atoms with Gasteiger partial charge in [0.15, 0.2) is 0 Å². The van der Waals surface area contributed by atoms with Gasteiger partial charge in [-0.1, -0.05) is 0 Å². The second-order valence-electron chi connectivity index (χ2n) is 7.29. The highest BCUT2D eigenvalue weighted by Crippen LogP contribution is 2.30. The number of nitrogens with zero attached hydrogens (tertiary/aromatic N) is 6. The molecule has 1 aromatic carbocycles. The molecule has 3 aromatic heterocycles. The van der Waals surface area contributed by atoms with Crippen molar-refractivity contribution in [3.05, 3.63) is 60.3 Å². The number of fused-ring (bicyclic) bond motifs is 1. The van der Waals surface area contributed by atoms with Crippen LogP contribution in [0, 0.1) is 0 Å². The number of carbonyl (C=O) groups excluding carboxylic acids is 2. The number of benzene rings is 1. The summed E-state index contributed by atoms with van der Waals surface area (Å²) in [5, 5.41) is 7.81. The summed E-state index contributed by atoms with van der Waals surface area (Å²) in [5.41, 5.74) is 1.08. The highest BCUT2D eigenvalue weighted by atomic mass is 16.5. The van der Waals surface area contributed by atoms with E-state index in [0.717, 1.165) is 0 Å². The van der Waals surface area contributed by atoms with Crippen molar-refractivity contribution in [2.75, 3.05) is 26.5 Å². The van der Waals surface area contributed by atoms with Gasteiger partial charge in [-0.25, -0.2) is 15.0 Å². The first-order valence-electron chi connectivity index (χ1n) is 9.84. The van der Waals surface area contributed by atoms with Crippen LogP contribution < -0.4 is 14.8 Å². The number of amides is 2. The summed E-state index contributed by atoms with van der Waals surface area (Å²) in [5.74, 6) is 0.839. The van der Waals surface area contributed by atoms with E-state index in [2.05, 4.69) is 25.4 Å². The minimum atomic E-state index is -0.386. The Balaban J connectivity index is 1.62. The zero-order valence-corrected chi connectivity index (χ0v) is 18.4. The minimum Gasteiger partial charge on any atom is -0.495 e. The second-order valence-corrected chi connectivity index (χ2v) is 7.29. The fourth-order valence-electron chi connectivity index (χ4n) is 3.01. The lowest BCUT2D eigenvalue weighted by Crippen LogP contribution is -2.22. The van der Waals surface area contributed by atoms with Gasteiger partial charge >= 0.3 is 0 Å². The number of pyridine rings is 1. The van der Waals surface area contributed by atoms with Gasteiger partial charge in [0.05, 0.1) is 36.6 Å². The summed E-state index contributed by atoms with van der Waals surface area (Å²) in [6, 6.07) is 6.58. The number of aryl methyl sites for hydroxylation is 1. The first kappa shape index (κ1) is 21.7. The van der Waals surface area contributed by atoms with Crippen LogP contribution in [0.2, 0.25) is 0 Å². The Morgan fingerprint density at radius 1 is 1.06 bits per heavy atom. The van der Waals surface area contributed by atoms with Crippen LogP contribution in [0.5, 0.6) is 17.4 Å². The highest BCUT2D eigenvalue weighted by molar-refractivity contribution is 6.06. The Kier molecular flexibility index (Phi) is 5.85. The zero-order valence-electron chi connectivity index (χ0n) is 18.4. The molecule has 0 saturated carbocycles. The van der Waals surface area contributed by atoms with E-state index >= 15 is 0 Å². The molecule has 0 fully saturated rings.